The lowest BCUT2D eigenvalue weighted by Gasteiger charge is -2.18. The van der Waals surface area contributed by atoms with Crippen LogP contribution in [0.1, 0.15) is 31.8 Å². The summed E-state index contributed by atoms with van der Waals surface area (Å²) < 4.78 is 32.1. The van der Waals surface area contributed by atoms with Crippen molar-refractivity contribution in [3.05, 3.63) is 68.8 Å². The molecule has 0 heterocycles. The normalized spacial score (nSPS) is 13.4. The van der Waals surface area contributed by atoms with Gasteiger partial charge in [0, 0.05) is 17.2 Å². The van der Waals surface area contributed by atoms with Crippen LogP contribution in [-0.2, 0) is 10.1 Å². The number of nitro benzene ring substituents is 1. The monoisotopic (exact) mass is 333 g/mol. The van der Waals surface area contributed by atoms with Gasteiger partial charge in [0.2, 0.25) is 5.78 Å². The number of nitro groups is 1. The topological polar surface area (TPSA) is 132 Å². The molecule has 1 N–H and O–H groups in total. The Hall–Kier alpha value is -2.91. The highest BCUT2D eigenvalue weighted by Crippen LogP contribution is 2.35. The van der Waals surface area contributed by atoms with E-state index >= 15 is 0 Å². The average molecular weight is 333 g/mol. The molecule has 0 saturated carbocycles. The summed E-state index contributed by atoms with van der Waals surface area (Å²) in [7, 11) is -4.78. The maximum Gasteiger partial charge on any atom is 0.295 e. The third kappa shape index (κ3) is 2.14. The molecule has 0 aromatic heterocycles. The minimum atomic E-state index is -4.78. The highest BCUT2D eigenvalue weighted by atomic mass is 32.2. The number of carbonyl (C=O) groups excluding carboxylic acids is 2. The summed E-state index contributed by atoms with van der Waals surface area (Å²) in [6.45, 7) is 0. The summed E-state index contributed by atoms with van der Waals surface area (Å²) in [5.74, 6) is -1.71. The average Bonchev–Trinajstić information content (AvgIpc) is 2.50. The molecule has 2 aromatic rings. The Morgan fingerprint density at radius 1 is 0.913 bits per heavy atom. The molecule has 1 aliphatic carbocycles. The van der Waals surface area contributed by atoms with Crippen LogP contribution in [0, 0.1) is 10.1 Å². The van der Waals surface area contributed by atoms with Crippen molar-refractivity contribution in [2.24, 2.45) is 0 Å². The number of ketones is 2. The van der Waals surface area contributed by atoms with Gasteiger partial charge in [-0.3, -0.25) is 24.3 Å². The van der Waals surface area contributed by atoms with Gasteiger partial charge in [0.15, 0.2) is 5.78 Å². The van der Waals surface area contributed by atoms with E-state index in [1.165, 1.54) is 24.3 Å². The second-order valence-corrected chi connectivity index (χ2v) is 6.16. The molecule has 23 heavy (non-hydrogen) atoms. The first-order valence-electron chi connectivity index (χ1n) is 6.21. The van der Waals surface area contributed by atoms with Gasteiger partial charge in [0.25, 0.3) is 15.8 Å². The first-order valence-corrected chi connectivity index (χ1v) is 7.65. The Morgan fingerprint density at radius 2 is 1.48 bits per heavy atom. The fraction of sp³-hybridized carbons (Fsp3) is 0. The van der Waals surface area contributed by atoms with E-state index in [0.717, 1.165) is 12.1 Å². The number of rotatable bonds is 2. The highest BCUT2D eigenvalue weighted by molar-refractivity contribution is 7.86. The fourth-order valence-corrected chi connectivity index (χ4v) is 3.27. The van der Waals surface area contributed by atoms with E-state index in [4.69, 9.17) is 0 Å². The van der Waals surface area contributed by atoms with Gasteiger partial charge in [-0.2, -0.15) is 8.42 Å². The van der Waals surface area contributed by atoms with Crippen molar-refractivity contribution in [1.82, 2.24) is 0 Å². The first kappa shape index (κ1) is 15.0. The number of hydrogen-bond acceptors (Lipinski definition) is 6. The Kier molecular flexibility index (Phi) is 3.13. The van der Waals surface area contributed by atoms with Crippen molar-refractivity contribution in [2.45, 2.75) is 4.90 Å². The molecule has 0 atom stereocenters. The van der Waals surface area contributed by atoms with Crippen molar-refractivity contribution in [1.29, 1.82) is 0 Å². The van der Waals surface area contributed by atoms with Gasteiger partial charge in [-0.15, -0.1) is 0 Å². The van der Waals surface area contributed by atoms with Crippen LogP contribution in [0.2, 0.25) is 0 Å². The largest absolute Gasteiger partial charge is 0.295 e. The quantitative estimate of drug-likeness (QED) is 0.428. The lowest BCUT2D eigenvalue weighted by atomic mass is 9.83. The predicted molar refractivity (Wildman–Crippen MR) is 76.2 cm³/mol. The van der Waals surface area contributed by atoms with Gasteiger partial charge in [-0.05, 0) is 12.1 Å². The van der Waals surface area contributed by atoms with Crippen LogP contribution in [-0.4, -0.2) is 29.5 Å². The van der Waals surface area contributed by atoms with Crippen LogP contribution < -0.4 is 0 Å². The molecule has 0 unspecified atom stereocenters. The zero-order valence-corrected chi connectivity index (χ0v) is 12.0. The number of hydrogen-bond donors (Lipinski definition) is 1. The SMILES string of the molecule is O=C1c2cccc([N+](=O)[O-])c2C(=O)c2c1cccc2S(=O)(=O)O. The lowest BCUT2D eigenvalue weighted by molar-refractivity contribution is -0.385. The molecule has 0 spiro atoms. The van der Waals surface area contributed by atoms with Gasteiger partial charge in [0.05, 0.1) is 10.5 Å². The van der Waals surface area contributed by atoms with Crippen molar-refractivity contribution >= 4 is 27.4 Å². The van der Waals surface area contributed by atoms with Gasteiger partial charge in [0.1, 0.15) is 10.5 Å². The molecule has 2 aromatic carbocycles. The standard InChI is InChI=1S/C14H7NO7S/c16-13-7-3-1-5-9(15(18)19)11(7)14(17)12-8(13)4-2-6-10(12)23(20,21)22/h1-6H,(H,20,21,22). The smallest absolute Gasteiger partial charge is 0.289 e. The van der Waals surface area contributed by atoms with Crippen molar-refractivity contribution in [3.63, 3.8) is 0 Å². The predicted octanol–water partition coefficient (Wildman–Crippen LogP) is 1.62. The Bertz CT molecular complexity index is 1010. The Morgan fingerprint density at radius 3 is 2.04 bits per heavy atom. The van der Waals surface area contributed by atoms with Crippen LogP contribution in [0.5, 0.6) is 0 Å². The molecule has 0 amide bonds. The summed E-state index contributed by atoms with van der Waals surface area (Å²) in [4.78, 5) is 34.6. The lowest BCUT2D eigenvalue weighted by Crippen LogP contribution is -2.24. The van der Waals surface area contributed by atoms with E-state index < -0.39 is 48.3 Å². The van der Waals surface area contributed by atoms with Crippen LogP contribution in [0.3, 0.4) is 0 Å². The molecular formula is C14H7NO7S. The third-order valence-electron chi connectivity index (χ3n) is 3.49. The summed E-state index contributed by atoms with van der Waals surface area (Å²) >= 11 is 0. The van der Waals surface area contributed by atoms with E-state index in [2.05, 4.69) is 0 Å². The molecular weight excluding hydrogens is 326 g/mol. The number of benzene rings is 2. The summed E-state index contributed by atoms with van der Waals surface area (Å²) in [6, 6.07) is 6.96. The molecule has 9 heteroatoms. The molecule has 8 nitrogen and oxygen atoms in total. The van der Waals surface area contributed by atoms with Crippen LogP contribution >= 0.6 is 0 Å². The molecule has 0 bridgehead atoms. The van der Waals surface area contributed by atoms with Crippen LogP contribution in [0.25, 0.3) is 0 Å². The number of carbonyl (C=O) groups is 2. The molecule has 116 valence electrons. The highest BCUT2D eigenvalue weighted by Gasteiger charge is 2.38. The van der Waals surface area contributed by atoms with Gasteiger partial charge < -0.3 is 0 Å². The molecule has 0 aliphatic heterocycles. The van der Waals surface area contributed by atoms with Gasteiger partial charge in [-0.25, -0.2) is 0 Å². The zero-order chi connectivity index (χ0) is 16.9. The maximum atomic E-state index is 12.6. The Balaban J connectivity index is 2.43. The van der Waals surface area contributed by atoms with Crippen LogP contribution in [0.15, 0.2) is 41.3 Å². The van der Waals surface area contributed by atoms with Gasteiger partial charge >= 0.3 is 0 Å². The second kappa shape index (κ2) is 4.80. The maximum absolute atomic E-state index is 12.6. The third-order valence-corrected chi connectivity index (χ3v) is 4.38. The summed E-state index contributed by atoms with van der Waals surface area (Å²) in [5, 5.41) is 11.1. The second-order valence-electron chi connectivity index (χ2n) is 4.77. The molecule has 0 saturated heterocycles. The molecule has 1 aliphatic rings. The van der Waals surface area contributed by atoms with E-state index in [1.54, 1.807) is 0 Å². The minimum absolute atomic E-state index is 0.177. The minimum Gasteiger partial charge on any atom is -0.289 e. The summed E-state index contributed by atoms with van der Waals surface area (Å²) in [6.07, 6.45) is 0. The molecule has 0 fully saturated rings. The van der Waals surface area contributed by atoms with Crippen molar-refractivity contribution in [2.75, 3.05) is 0 Å². The molecule has 3 rings (SSSR count). The zero-order valence-electron chi connectivity index (χ0n) is 11.2. The van der Waals surface area contributed by atoms with Crippen molar-refractivity contribution < 1.29 is 27.5 Å². The van der Waals surface area contributed by atoms with E-state index in [-0.39, 0.29) is 11.1 Å². The van der Waals surface area contributed by atoms with E-state index in [9.17, 15) is 32.7 Å². The van der Waals surface area contributed by atoms with Gasteiger partial charge in [-0.1, -0.05) is 18.2 Å². The fourth-order valence-electron chi connectivity index (χ4n) is 2.56. The van der Waals surface area contributed by atoms with Crippen molar-refractivity contribution in [3.8, 4) is 0 Å². The molecule has 0 radical (unpaired) electrons. The van der Waals surface area contributed by atoms with E-state index in [0.29, 0.717) is 0 Å². The summed E-state index contributed by atoms with van der Waals surface area (Å²) in [5.41, 5.74) is -2.04. The number of fused-ring (bicyclic) bond motifs is 2. The van der Waals surface area contributed by atoms with E-state index in [1.807, 2.05) is 0 Å². The first-order chi connectivity index (χ1) is 10.7. The number of nitrogens with zero attached hydrogens (tertiary/aromatic N) is 1. The Labute approximate surface area is 129 Å². The van der Waals surface area contributed by atoms with Crippen LogP contribution in [0.4, 0.5) is 5.69 Å².